The molecule has 0 radical (unpaired) electrons. The maximum Gasteiger partial charge on any atom is 0.240 e. The first-order valence-electron chi connectivity index (χ1n) is 8.51. The molecule has 0 bridgehead atoms. The van der Waals surface area contributed by atoms with E-state index in [0.29, 0.717) is 18.3 Å². The van der Waals surface area contributed by atoms with Crippen LogP contribution < -0.4 is 5.32 Å². The minimum atomic E-state index is 0.0638. The molecule has 0 aliphatic rings. The molecule has 0 aliphatic heterocycles. The van der Waals surface area contributed by atoms with Crippen molar-refractivity contribution < 1.29 is 4.52 Å². The van der Waals surface area contributed by atoms with E-state index in [1.807, 2.05) is 23.6 Å². The number of hydrogen-bond acceptors (Lipinski definition) is 5. The molecule has 0 saturated heterocycles. The summed E-state index contributed by atoms with van der Waals surface area (Å²) in [6.45, 7) is 2.60. The lowest BCUT2D eigenvalue weighted by atomic mass is 9.98. The van der Waals surface area contributed by atoms with Crippen LogP contribution in [-0.2, 0) is 6.54 Å². The Hall–Kier alpha value is -2.76. The van der Waals surface area contributed by atoms with Crippen LogP contribution in [0.4, 0.5) is 0 Å². The Morgan fingerprint density at radius 1 is 0.962 bits per heavy atom. The molecular formula is C21H19N3OS. The van der Waals surface area contributed by atoms with Crippen molar-refractivity contribution in [2.45, 2.75) is 19.5 Å². The number of nitrogens with one attached hydrogen (secondary N) is 1. The smallest absolute Gasteiger partial charge is 0.240 e. The summed E-state index contributed by atoms with van der Waals surface area (Å²) >= 11 is 1.60. The monoisotopic (exact) mass is 361 g/mol. The summed E-state index contributed by atoms with van der Waals surface area (Å²) in [6, 6.07) is 23.0. The van der Waals surface area contributed by atoms with Crippen molar-refractivity contribution in [3.05, 3.63) is 94.7 Å². The molecule has 2 aromatic heterocycles. The van der Waals surface area contributed by atoms with E-state index in [2.05, 4.69) is 70.9 Å². The number of hydrogen-bond donors (Lipinski definition) is 1. The molecule has 130 valence electrons. The largest absolute Gasteiger partial charge is 0.338 e. The lowest BCUT2D eigenvalue weighted by Crippen LogP contribution is -2.22. The van der Waals surface area contributed by atoms with Gasteiger partial charge in [-0.1, -0.05) is 71.4 Å². The van der Waals surface area contributed by atoms with Crippen LogP contribution >= 0.6 is 11.3 Å². The molecule has 0 saturated carbocycles. The quantitative estimate of drug-likeness (QED) is 0.526. The zero-order valence-electron chi connectivity index (χ0n) is 14.4. The second kappa shape index (κ2) is 7.64. The van der Waals surface area contributed by atoms with Gasteiger partial charge in [0.05, 0.1) is 17.5 Å². The first-order chi connectivity index (χ1) is 12.8. The number of thiophene rings is 1. The minimum Gasteiger partial charge on any atom is -0.338 e. The fourth-order valence-electron chi connectivity index (χ4n) is 2.85. The first kappa shape index (κ1) is 16.7. The molecule has 1 atom stereocenters. The molecule has 2 heterocycles. The van der Waals surface area contributed by atoms with Crippen molar-refractivity contribution in [1.82, 2.24) is 15.5 Å². The van der Waals surface area contributed by atoms with Crippen molar-refractivity contribution in [3.63, 3.8) is 0 Å². The van der Waals surface area contributed by atoms with E-state index in [4.69, 9.17) is 4.52 Å². The van der Waals surface area contributed by atoms with Crippen molar-refractivity contribution in [1.29, 1.82) is 0 Å². The lowest BCUT2D eigenvalue weighted by Gasteiger charge is -2.19. The second-order valence-electron chi connectivity index (χ2n) is 6.12. The SMILES string of the molecule is Cc1ccc([C@H](NCc2nc(-c3cccs3)no2)c2ccccc2)cc1. The number of aryl methyl sites for hydroxylation is 1. The Balaban J connectivity index is 1.54. The molecule has 4 rings (SSSR count). The first-order valence-corrected chi connectivity index (χ1v) is 9.39. The fourth-order valence-corrected chi connectivity index (χ4v) is 3.50. The van der Waals surface area contributed by atoms with E-state index in [1.165, 1.54) is 16.7 Å². The molecule has 0 aliphatic carbocycles. The number of rotatable bonds is 6. The standard InChI is InChI=1S/C21H19N3OS/c1-15-9-11-17(12-10-15)20(16-6-3-2-4-7-16)22-14-19-23-21(24-25-19)18-8-5-13-26-18/h2-13,20,22H,14H2,1H3/t20-/m1/s1. The van der Waals surface area contributed by atoms with Crippen molar-refractivity contribution in [3.8, 4) is 10.7 Å². The van der Waals surface area contributed by atoms with Gasteiger partial charge in [0, 0.05) is 0 Å². The summed E-state index contributed by atoms with van der Waals surface area (Å²) in [6.07, 6.45) is 0. The van der Waals surface area contributed by atoms with Crippen LogP contribution in [0.5, 0.6) is 0 Å². The lowest BCUT2D eigenvalue weighted by molar-refractivity contribution is 0.363. The minimum absolute atomic E-state index is 0.0638. The molecule has 0 spiro atoms. The van der Waals surface area contributed by atoms with Gasteiger partial charge in [0.1, 0.15) is 0 Å². The van der Waals surface area contributed by atoms with Gasteiger partial charge >= 0.3 is 0 Å². The molecule has 4 nitrogen and oxygen atoms in total. The predicted molar refractivity (Wildman–Crippen MR) is 104 cm³/mol. The molecule has 5 heteroatoms. The number of aromatic nitrogens is 2. The zero-order valence-corrected chi connectivity index (χ0v) is 15.2. The average molecular weight is 361 g/mol. The van der Waals surface area contributed by atoms with Gasteiger partial charge in [0.2, 0.25) is 11.7 Å². The Bertz CT molecular complexity index is 947. The van der Waals surface area contributed by atoms with Crippen molar-refractivity contribution >= 4 is 11.3 Å². The average Bonchev–Trinajstić information content (AvgIpc) is 3.36. The van der Waals surface area contributed by atoms with Gasteiger partial charge < -0.3 is 4.52 Å². The van der Waals surface area contributed by atoms with E-state index >= 15 is 0 Å². The molecule has 2 aromatic carbocycles. The third-order valence-electron chi connectivity index (χ3n) is 4.21. The van der Waals surface area contributed by atoms with E-state index in [0.717, 1.165) is 4.88 Å². The van der Waals surface area contributed by atoms with Crippen LogP contribution in [0.3, 0.4) is 0 Å². The summed E-state index contributed by atoms with van der Waals surface area (Å²) in [7, 11) is 0. The fraction of sp³-hybridized carbons (Fsp3) is 0.143. The van der Waals surface area contributed by atoms with Crippen molar-refractivity contribution in [2.75, 3.05) is 0 Å². The highest BCUT2D eigenvalue weighted by molar-refractivity contribution is 7.13. The highest BCUT2D eigenvalue weighted by Gasteiger charge is 2.16. The number of benzene rings is 2. The van der Waals surface area contributed by atoms with Crippen LogP contribution in [0.1, 0.15) is 28.6 Å². The van der Waals surface area contributed by atoms with Gasteiger partial charge in [-0.2, -0.15) is 4.98 Å². The van der Waals surface area contributed by atoms with Crippen LogP contribution in [0.15, 0.2) is 76.6 Å². The second-order valence-corrected chi connectivity index (χ2v) is 7.07. The normalized spacial score (nSPS) is 12.2. The molecule has 1 N–H and O–H groups in total. The summed E-state index contributed by atoms with van der Waals surface area (Å²) in [5.74, 6) is 1.23. The van der Waals surface area contributed by atoms with Crippen LogP contribution in [-0.4, -0.2) is 10.1 Å². The molecule has 4 aromatic rings. The number of nitrogens with zero attached hydrogens (tertiary/aromatic N) is 2. The van der Waals surface area contributed by atoms with Gasteiger partial charge in [0.15, 0.2) is 0 Å². The van der Waals surface area contributed by atoms with E-state index in [-0.39, 0.29) is 6.04 Å². The molecule has 26 heavy (non-hydrogen) atoms. The molecule has 0 amide bonds. The van der Waals surface area contributed by atoms with Crippen molar-refractivity contribution in [2.24, 2.45) is 0 Å². The van der Waals surface area contributed by atoms with Gasteiger partial charge in [-0.05, 0) is 29.5 Å². The molecular weight excluding hydrogens is 342 g/mol. The van der Waals surface area contributed by atoms with Gasteiger partial charge in [0.25, 0.3) is 0 Å². The topological polar surface area (TPSA) is 51.0 Å². The van der Waals surface area contributed by atoms with E-state index in [1.54, 1.807) is 11.3 Å². The van der Waals surface area contributed by atoms with Gasteiger partial charge in [-0.25, -0.2) is 0 Å². The van der Waals surface area contributed by atoms with Crippen LogP contribution in [0.2, 0.25) is 0 Å². The Morgan fingerprint density at radius 3 is 2.46 bits per heavy atom. The maximum absolute atomic E-state index is 5.41. The summed E-state index contributed by atoms with van der Waals surface area (Å²) in [5, 5.41) is 9.64. The van der Waals surface area contributed by atoms with Crippen LogP contribution in [0.25, 0.3) is 10.7 Å². The Labute approximate surface area is 156 Å². The third kappa shape index (κ3) is 3.74. The van der Waals surface area contributed by atoms with Crippen LogP contribution in [0, 0.1) is 6.92 Å². The summed E-state index contributed by atoms with van der Waals surface area (Å²) in [5.41, 5.74) is 3.66. The Morgan fingerprint density at radius 2 is 1.73 bits per heavy atom. The molecule has 0 fully saturated rings. The molecule has 0 unspecified atom stereocenters. The Kier molecular flexibility index (Phi) is 4.91. The van der Waals surface area contributed by atoms with Gasteiger partial charge in [-0.15, -0.1) is 11.3 Å². The van der Waals surface area contributed by atoms with Gasteiger partial charge in [-0.3, -0.25) is 5.32 Å². The highest BCUT2D eigenvalue weighted by atomic mass is 32.1. The van der Waals surface area contributed by atoms with E-state index in [9.17, 15) is 0 Å². The summed E-state index contributed by atoms with van der Waals surface area (Å²) < 4.78 is 5.41. The maximum atomic E-state index is 5.41. The van der Waals surface area contributed by atoms with E-state index < -0.39 is 0 Å². The summed E-state index contributed by atoms with van der Waals surface area (Å²) in [4.78, 5) is 5.51. The zero-order chi connectivity index (χ0) is 17.8. The third-order valence-corrected chi connectivity index (χ3v) is 5.08. The highest BCUT2D eigenvalue weighted by Crippen LogP contribution is 2.24. The predicted octanol–water partition coefficient (Wildman–Crippen LogP) is 4.99.